The maximum Gasteiger partial charge on any atom is 0.224 e. The third-order valence-corrected chi connectivity index (χ3v) is 3.03. The second-order valence-electron chi connectivity index (χ2n) is 4.94. The van der Waals surface area contributed by atoms with Gasteiger partial charge in [0, 0.05) is 30.3 Å². The van der Waals surface area contributed by atoms with Crippen molar-refractivity contribution in [3.05, 3.63) is 23.8 Å². The molecule has 0 saturated carbocycles. The Morgan fingerprint density at radius 1 is 1.20 bits per heavy atom. The Morgan fingerprint density at radius 2 is 1.75 bits per heavy atom. The largest absolute Gasteiger partial charge is 0.328 e. The summed E-state index contributed by atoms with van der Waals surface area (Å²) in [5.74, 6) is -0.113. The van der Waals surface area contributed by atoms with Crippen molar-refractivity contribution in [3.8, 4) is 0 Å². The third kappa shape index (κ3) is 5.01. The van der Waals surface area contributed by atoms with Gasteiger partial charge in [0.15, 0.2) is 0 Å². The zero-order chi connectivity index (χ0) is 15.1. The molecular formula is C15H23N3O2. The molecule has 1 unspecified atom stereocenters. The van der Waals surface area contributed by atoms with Gasteiger partial charge in [0.25, 0.3) is 0 Å². The van der Waals surface area contributed by atoms with Gasteiger partial charge < -0.3 is 16.4 Å². The van der Waals surface area contributed by atoms with E-state index in [-0.39, 0.29) is 17.9 Å². The van der Waals surface area contributed by atoms with Crippen LogP contribution >= 0.6 is 0 Å². The zero-order valence-electron chi connectivity index (χ0n) is 12.3. The Balaban J connectivity index is 2.73. The number of rotatable bonds is 6. The molecule has 5 nitrogen and oxygen atoms in total. The number of amides is 2. The zero-order valence-corrected chi connectivity index (χ0v) is 12.3. The highest BCUT2D eigenvalue weighted by Crippen LogP contribution is 2.23. The first-order valence-electron chi connectivity index (χ1n) is 6.89. The first kappa shape index (κ1) is 16.2. The van der Waals surface area contributed by atoms with E-state index in [1.54, 1.807) is 13.0 Å². The van der Waals surface area contributed by atoms with Gasteiger partial charge in [-0.05, 0) is 38.0 Å². The van der Waals surface area contributed by atoms with Gasteiger partial charge in [-0.1, -0.05) is 13.0 Å². The fourth-order valence-electron chi connectivity index (χ4n) is 1.72. The van der Waals surface area contributed by atoms with E-state index in [1.165, 1.54) is 0 Å². The summed E-state index contributed by atoms with van der Waals surface area (Å²) in [5.41, 5.74) is 7.92. The third-order valence-electron chi connectivity index (χ3n) is 3.03. The summed E-state index contributed by atoms with van der Waals surface area (Å²) >= 11 is 0. The number of carbonyl (C=O) groups is 2. The van der Waals surface area contributed by atoms with Gasteiger partial charge in [-0.25, -0.2) is 0 Å². The highest BCUT2D eigenvalue weighted by molar-refractivity contribution is 5.95. The smallest absolute Gasteiger partial charge is 0.224 e. The van der Waals surface area contributed by atoms with E-state index in [9.17, 15) is 9.59 Å². The minimum absolute atomic E-state index is 0.0111. The number of nitrogens with two attached hydrogens (primary N) is 1. The van der Waals surface area contributed by atoms with E-state index in [0.717, 1.165) is 11.3 Å². The molecular weight excluding hydrogens is 254 g/mol. The Morgan fingerprint density at radius 3 is 2.25 bits per heavy atom. The standard InChI is InChI=1S/C15H23N3O2/c1-4-14(19)17-12-6-5-7-13(11(12)3)18-15(20)9-8-10(2)16/h5-7,10H,4,8-9,16H2,1-3H3,(H,17,19)(H,18,20). The molecule has 0 saturated heterocycles. The minimum Gasteiger partial charge on any atom is -0.328 e. The first-order valence-corrected chi connectivity index (χ1v) is 6.89. The van der Waals surface area contributed by atoms with Crippen LogP contribution in [0.15, 0.2) is 18.2 Å². The molecule has 0 fully saturated rings. The van der Waals surface area contributed by atoms with Crippen molar-refractivity contribution in [2.24, 2.45) is 5.73 Å². The van der Waals surface area contributed by atoms with Gasteiger partial charge in [0.2, 0.25) is 11.8 Å². The first-order chi connectivity index (χ1) is 9.43. The van der Waals surface area contributed by atoms with Crippen LogP contribution in [0.5, 0.6) is 0 Å². The molecule has 2 amide bonds. The molecule has 5 heteroatoms. The lowest BCUT2D eigenvalue weighted by Crippen LogP contribution is -2.20. The van der Waals surface area contributed by atoms with E-state index in [1.807, 2.05) is 26.0 Å². The number of hydrogen-bond acceptors (Lipinski definition) is 3. The monoisotopic (exact) mass is 277 g/mol. The molecule has 1 aromatic rings. The van der Waals surface area contributed by atoms with E-state index in [4.69, 9.17) is 5.73 Å². The highest BCUT2D eigenvalue weighted by atomic mass is 16.2. The van der Waals surface area contributed by atoms with Crippen molar-refractivity contribution in [2.45, 2.75) is 46.1 Å². The molecule has 0 aliphatic rings. The number of nitrogens with one attached hydrogen (secondary N) is 2. The van der Waals surface area contributed by atoms with Crippen LogP contribution in [0.4, 0.5) is 11.4 Å². The number of anilines is 2. The van der Waals surface area contributed by atoms with E-state index < -0.39 is 0 Å². The summed E-state index contributed by atoms with van der Waals surface area (Å²) < 4.78 is 0. The molecule has 0 aliphatic carbocycles. The predicted molar refractivity (Wildman–Crippen MR) is 81.6 cm³/mol. The van der Waals surface area contributed by atoms with Gasteiger partial charge in [-0.2, -0.15) is 0 Å². The second kappa shape index (κ2) is 7.65. The fourth-order valence-corrected chi connectivity index (χ4v) is 1.72. The summed E-state index contributed by atoms with van der Waals surface area (Å²) in [6, 6.07) is 5.46. The molecule has 110 valence electrons. The van der Waals surface area contributed by atoms with E-state index >= 15 is 0 Å². The molecule has 0 aromatic heterocycles. The van der Waals surface area contributed by atoms with Gasteiger partial charge in [0.05, 0.1) is 0 Å². The number of benzene rings is 1. The molecule has 20 heavy (non-hydrogen) atoms. The molecule has 1 atom stereocenters. The summed E-state index contributed by atoms with van der Waals surface area (Å²) in [5, 5.41) is 5.66. The molecule has 0 radical (unpaired) electrons. The van der Waals surface area contributed by atoms with Crippen molar-refractivity contribution in [2.75, 3.05) is 10.6 Å². The minimum atomic E-state index is -0.0654. The molecule has 0 bridgehead atoms. The molecule has 1 aromatic carbocycles. The maximum atomic E-state index is 11.8. The van der Waals surface area contributed by atoms with Crippen LogP contribution in [0.2, 0.25) is 0 Å². The molecule has 0 aliphatic heterocycles. The van der Waals surface area contributed by atoms with Crippen molar-refractivity contribution in [1.82, 2.24) is 0 Å². The average molecular weight is 277 g/mol. The molecule has 0 heterocycles. The summed E-state index contributed by atoms with van der Waals surface area (Å²) in [4.78, 5) is 23.2. The van der Waals surface area contributed by atoms with Gasteiger partial charge in [0.1, 0.15) is 0 Å². The topological polar surface area (TPSA) is 84.2 Å². The van der Waals surface area contributed by atoms with Gasteiger partial charge >= 0.3 is 0 Å². The quantitative estimate of drug-likeness (QED) is 0.746. The Labute approximate surface area is 119 Å². The van der Waals surface area contributed by atoms with E-state index in [0.29, 0.717) is 24.9 Å². The van der Waals surface area contributed by atoms with Crippen LogP contribution in [0, 0.1) is 6.92 Å². The number of carbonyl (C=O) groups excluding carboxylic acids is 2. The lowest BCUT2D eigenvalue weighted by molar-refractivity contribution is -0.116. The second-order valence-corrected chi connectivity index (χ2v) is 4.94. The van der Waals surface area contributed by atoms with Crippen molar-refractivity contribution in [1.29, 1.82) is 0 Å². The molecule has 4 N–H and O–H groups in total. The lowest BCUT2D eigenvalue weighted by atomic mass is 10.1. The summed E-state index contributed by atoms with van der Waals surface area (Å²) in [7, 11) is 0. The molecule has 1 rings (SSSR count). The maximum absolute atomic E-state index is 11.8. The lowest BCUT2D eigenvalue weighted by Gasteiger charge is -2.13. The van der Waals surface area contributed by atoms with Crippen LogP contribution in [-0.4, -0.2) is 17.9 Å². The average Bonchev–Trinajstić information content (AvgIpc) is 2.40. The Kier molecular flexibility index (Phi) is 6.18. The van der Waals surface area contributed by atoms with Crippen LogP contribution in [0.25, 0.3) is 0 Å². The number of hydrogen-bond donors (Lipinski definition) is 3. The van der Waals surface area contributed by atoms with Crippen LogP contribution in [0.1, 0.15) is 38.7 Å². The predicted octanol–water partition coefficient (Wildman–Crippen LogP) is 2.41. The van der Waals surface area contributed by atoms with Gasteiger partial charge in [-0.3, -0.25) is 9.59 Å². The van der Waals surface area contributed by atoms with Crippen molar-refractivity contribution in [3.63, 3.8) is 0 Å². The van der Waals surface area contributed by atoms with Crippen molar-refractivity contribution >= 4 is 23.2 Å². The normalized spacial score (nSPS) is 11.8. The van der Waals surface area contributed by atoms with Crippen molar-refractivity contribution < 1.29 is 9.59 Å². The Hall–Kier alpha value is -1.88. The van der Waals surface area contributed by atoms with Crippen LogP contribution < -0.4 is 16.4 Å². The summed E-state index contributed by atoms with van der Waals surface area (Å²) in [6.07, 6.45) is 1.46. The SMILES string of the molecule is CCC(=O)Nc1cccc(NC(=O)CCC(C)N)c1C. The van der Waals surface area contributed by atoms with Crippen LogP contribution in [-0.2, 0) is 9.59 Å². The Bertz CT molecular complexity index is 484. The fraction of sp³-hybridized carbons (Fsp3) is 0.467. The highest BCUT2D eigenvalue weighted by Gasteiger charge is 2.09. The van der Waals surface area contributed by atoms with E-state index in [2.05, 4.69) is 10.6 Å². The molecule has 0 spiro atoms. The summed E-state index contributed by atoms with van der Waals surface area (Å²) in [6.45, 7) is 5.54. The van der Waals surface area contributed by atoms with Gasteiger partial charge in [-0.15, -0.1) is 0 Å². The van der Waals surface area contributed by atoms with Crippen LogP contribution in [0.3, 0.4) is 0 Å².